The lowest BCUT2D eigenvalue weighted by atomic mass is 10.0. The molecule has 1 unspecified atom stereocenters. The van der Waals surface area contributed by atoms with Crippen molar-refractivity contribution in [3.8, 4) is 23.1 Å². The van der Waals surface area contributed by atoms with Crippen molar-refractivity contribution in [3.05, 3.63) is 48.9 Å². The number of aromatic amines is 1. The largest absolute Gasteiger partial charge is 0.493 e. The average Bonchev–Trinajstić information content (AvgIpc) is 3.48. The van der Waals surface area contributed by atoms with Crippen molar-refractivity contribution in [1.82, 2.24) is 20.3 Å². The second-order valence-corrected chi connectivity index (χ2v) is 7.88. The molecule has 1 saturated heterocycles. The number of nitrogens with zero attached hydrogens (tertiary/aromatic N) is 2. The molecule has 31 heavy (non-hydrogen) atoms. The molecule has 0 amide bonds. The van der Waals surface area contributed by atoms with E-state index >= 15 is 0 Å². The van der Waals surface area contributed by atoms with Crippen LogP contribution in [0.5, 0.6) is 23.1 Å². The fraction of sp³-hybridized carbons (Fsp3) is 0.333. The lowest BCUT2D eigenvalue weighted by Crippen LogP contribution is -2.10. The van der Waals surface area contributed by atoms with Crippen LogP contribution in [0.3, 0.4) is 0 Å². The summed E-state index contributed by atoms with van der Waals surface area (Å²) in [6, 6.07) is 11.7. The monoisotopic (exact) mass is 418 g/mol. The van der Waals surface area contributed by atoms with Crippen LogP contribution in [-0.4, -0.2) is 41.8 Å². The third-order valence-electron chi connectivity index (χ3n) is 5.80. The molecule has 1 atom stereocenters. The van der Waals surface area contributed by atoms with Crippen LogP contribution in [0.1, 0.15) is 19.3 Å². The topological polar surface area (TPSA) is 81.3 Å². The Morgan fingerprint density at radius 1 is 1.10 bits per heavy atom. The Labute approximate surface area is 180 Å². The Bertz CT molecular complexity index is 1180. The van der Waals surface area contributed by atoms with Gasteiger partial charge < -0.3 is 24.5 Å². The first-order valence-corrected chi connectivity index (χ1v) is 10.7. The summed E-state index contributed by atoms with van der Waals surface area (Å²) in [5.74, 6) is 3.31. The summed E-state index contributed by atoms with van der Waals surface area (Å²) in [6.07, 6.45) is 6.87. The summed E-state index contributed by atoms with van der Waals surface area (Å²) >= 11 is 0. The summed E-state index contributed by atoms with van der Waals surface area (Å²) in [6.45, 7) is 2.91. The average molecular weight is 418 g/mol. The Morgan fingerprint density at radius 2 is 2.06 bits per heavy atom. The fourth-order valence-corrected chi connectivity index (χ4v) is 4.12. The van der Waals surface area contributed by atoms with E-state index in [2.05, 4.69) is 20.3 Å². The van der Waals surface area contributed by atoms with Gasteiger partial charge in [-0.15, -0.1) is 0 Å². The minimum Gasteiger partial charge on any atom is -0.493 e. The van der Waals surface area contributed by atoms with Gasteiger partial charge in [-0.05, 0) is 68.6 Å². The Balaban J connectivity index is 1.35. The van der Waals surface area contributed by atoms with E-state index in [0.717, 1.165) is 47.2 Å². The number of aromatic nitrogens is 3. The van der Waals surface area contributed by atoms with Crippen molar-refractivity contribution in [3.63, 3.8) is 0 Å². The number of benzene rings is 2. The lowest BCUT2D eigenvalue weighted by molar-refractivity contribution is 0.278. The molecule has 2 aromatic carbocycles. The molecule has 5 rings (SSSR count). The van der Waals surface area contributed by atoms with E-state index in [4.69, 9.17) is 14.2 Å². The molecular formula is C24H26N4O3. The molecule has 4 aromatic rings. The Hall–Kier alpha value is -3.32. The zero-order chi connectivity index (χ0) is 21.0. The predicted octanol–water partition coefficient (Wildman–Crippen LogP) is 4.68. The highest BCUT2D eigenvalue weighted by Crippen LogP contribution is 2.36. The van der Waals surface area contributed by atoms with Crippen LogP contribution in [-0.2, 0) is 0 Å². The van der Waals surface area contributed by atoms with E-state index in [0.29, 0.717) is 29.7 Å². The first kappa shape index (κ1) is 19.6. The fourth-order valence-electron chi connectivity index (χ4n) is 4.12. The Kier molecular flexibility index (Phi) is 5.58. The maximum atomic E-state index is 6.10. The number of ether oxygens (including phenoxy) is 3. The second-order valence-electron chi connectivity index (χ2n) is 7.88. The normalized spacial score (nSPS) is 16.1. The molecule has 0 radical (unpaired) electrons. The molecule has 0 saturated carbocycles. The number of hydrogen-bond acceptors (Lipinski definition) is 6. The van der Waals surface area contributed by atoms with Crippen molar-refractivity contribution >= 4 is 21.8 Å². The molecular weight excluding hydrogens is 392 g/mol. The van der Waals surface area contributed by atoms with Crippen LogP contribution < -0.4 is 19.5 Å². The van der Waals surface area contributed by atoms with Gasteiger partial charge in [0.05, 0.1) is 24.6 Å². The van der Waals surface area contributed by atoms with E-state index in [1.54, 1.807) is 7.11 Å². The van der Waals surface area contributed by atoms with Gasteiger partial charge in [-0.3, -0.25) is 0 Å². The molecule has 1 fully saturated rings. The van der Waals surface area contributed by atoms with Crippen LogP contribution in [0.2, 0.25) is 0 Å². The molecule has 1 aliphatic rings. The number of hydrogen-bond donors (Lipinski definition) is 2. The summed E-state index contributed by atoms with van der Waals surface area (Å²) < 4.78 is 17.7. The number of fused-ring (bicyclic) bond motifs is 2. The van der Waals surface area contributed by atoms with Crippen molar-refractivity contribution in [1.29, 1.82) is 0 Å². The summed E-state index contributed by atoms with van der Waals surface area (Å²) in [4.78, 5) is 11.9. The molecule has 7 heteroatoms. The summed E-state index contributed by atoms with van der Waals surface area (Å²) in [5, 5.41) is 5.27. The first-order valence-electron chi connectivity index (χ1n) is 10.7. The summed E-state index contributed by atoms with van der Waals surface area (Å²) in [5.41, 5.74) is 1.82. The quantitative estimate of drug-likeness (QED) is 0.404. The van der Waals surface area contributed by atoms with E-state index < -0.39 is 0 Å². The zero-order valence-corrected chi connectivity index (χ0v) is 17.6. The molecule has 0 aliphatic carbocycles. The van der Waals surface area contributed by atoms with Crippen LogP contribution in [0.15, 0.2) is 48.9 Å². The molecule has 2 aromatic heterocycles. The molecule has 1 aliphatic heterocycles. The van der Waals surface area contributed by atoms with Gasteiger partial charge >= 0.3 is 0 Å². The minimum absolute atomic E-state index is 0.485. The van der Waals surface area contributed by atoms with Gasteiger partial charge in [0.1, 0.15) is 12.1 Å². The van der Waals surface area contributed by atoms with E-state index in [1.807, 2.05) is 42.6 Å². The third kappa shape index (κ3) is 4.27. The standard InChI is InChI=1S/C24H26N4O3/c1-29-22-12-19-21(13-23(22)30-10-2-3-16-6-8-25-14-16)27-15-28-24(19)31-18-4-5-20-17(11-18)7-9-26-20/h4-5,7,9,11-13,15-16,25-26H,2-3,6,8,10,14H2,1H3. The number of rotatable bonds is 8. The lowest BCUT2D eigenvalue weighted by Gasteiger charge is -2.14. The van der Waals surface area contributed by atoms with Gasteiger partial charge in [0.2, 0.25) is 5.88 Å². The third-order valence-corrected chi connectivity index (χ3v) is 5.80. The van der Waals surface area contributed by atoms with Crippen LogP contribution in [0, 0.1) is 5.92 Å². The number of methoxy groups -OCH3 is 1. The smallest absolute Gasteiger partial charge is 0.230 e. The molecule has 3 heterocycles. The van der Waals surface area contributed by atoms with Crippen LogP contribution in [0.4, 0.5) is 0 Å². The van der Waals surface area contributed by atoms with Crippen molar-refractivity contribution in [2.45, 2.75) is 19.3 Å². The van der Waals surface area contributed by atoms with Gasteiger partial charge in [-0.2, -0.15) is 0 Å². The molecule has 160 valence electrons. The van der Waals surface area contributed by atoms with Crippen LogP contribution >= 0.6 is 0 Å². The summed E-state index contributed by atoms with van der Waals surface area (Å²) in [7, 11) is 1.64. The van der Waals surface area contributed by atoms with Gasteiger partial charge in [-0.1, -0.05) is 0 Å². The van der Waals surface area contributed by atoms with Gasteiger partial charge in [0.15, 0.2) is 11.5 Å². The van der Waals surface area contributed by atoms with E-state index in [1.165, 1.54) is 19.2 Å². The highest BCUT2D eigenvalue weighted by atomic mass is 16.5. The van der Waals surface area contributed by atoms with Crippen molar-refractivity contribution < 1.29 is 14.2 Å². The van der Waals surface area contributed by atoms with Gasteiger partial charge in [0.25, 0.3) is 0 Å². The highest BCUT2D eigenvalue weighted by Gasteiger charge is 2.15. The highest BCUT2D eigenvalue weighted by molar-refractivity contribution is 5.87. The molecule has 0 bridgehead atoms. The maximum Gasteiger partial charge on any atom is 0.230 e. The number of H-pyrrole nitrogens is 1. The van der Waals surface area contributed by atoms with E-state index in [9.17, 15) is 0 Å². The predicted molar refractivity (Wildman–Crippen MR) is 120 cm³/mol. The zero-order valence-electron chi connectivity index (χ0n) is 17.6. The maximum absolute atomic E-state index is 6.10. The Morgan fingerprint density at radius 3 is 2.94 bits per heavy atom. The van der Waals surface area contributed by atoms with E-state index in [-0.39, 0.29) is 0 Å². The first-order chi connectivity index (χ1) is 15.3. The molecule has 2 N–H and O–H groups in total. The van der Waals surface area contributed by atoms with Crippen LogP contribution in [0.25, 0.3) is 21.8 Å². The SMILES string of the molecule is COc1cc2c(Oc3ccc4[nH]ccc4c3)ncnc2cc1OCCCC1CCNC1. The second kappa shape index (κ2) is 8.81. The number of nitrogens with one attached hydrogen (secondary N) is 2. The van der Waals surface area contributed by atoms with Gasteiger partial charge in [-0.25, -0.2) is 9.97 Å². The molecule has 7 nitrogen and oxygen atoms in total. The van der Waals surface area contributed by atoms with Crippen molar-refractivity contribution in [2.75, 3.05) is 26.8 Å². The van der Waals surface area contributed by atoms with Crippen molar-refractivity contribution in [2.24, 2.45) is 5.92 Å². The van der Waals surface area contributed by atoms with Gasteiger partial charge in [0, 0.05) is 23.2 Å². The molecule has 0 spiro atoms. The minimum atomic E-state index is 0.485.